The number of halogens is 2. The van der Waals surface area contributed by atoms with Crippen LogP contribution in [0.2, 0.25) is 0 Å². The molecule has 10 rings (SSSR count). The van der Waals surface area contributed by atoms with E-state index in [4.69, 9.17) is 14.7 Å². The largest absolute Gasteiger partial charge is 0.487 e. The molecule has 11 atom stereocenters. The van der Waals surface area contributed by atoms with E-state index >= 15 is 4.39 Å². The maximum absolute atomic E-state index is 15.7. The van der Waals surface area contributed by atoms with Crippen molar-refractivity contribution in [3.63, 3.8) is 0 Å². The Bertz CT molecular complexity index is 2600. The molecule has 0 amide bonds. The average Bonchev–Trinajstić information content (AvgIpc) is 4.00. The summed E-state index contributed by atoms with van der Waals surface area (Å²) in [5.74, 6) is 0.253. The first-order valence-electron chi connectivity index (χ1n) is 21.4. The molecular formula is C46H52F2N8O4. The zero-order valence-corrected chi connectivity index (χ0v) is 34.3. The summed E-state index contributed by atoms with van der Waals surface area (Å²) in [5.41, 5.74) is 7.41. The van der Waals surface area contributed by atoms with E-state index in [1.54, 1.807) is 18.5 Å². The quantitative estimate of drug-likeness (QED) is 0.129. The summed E-state index contributed by atoms with van der Waals surface area (Å²) in [6.07, 6.45) is 6.81. The number of aliphatic hydroxyl groups excluding tert-OH is 3. The first-order valence-corrected chi connectivity index (χ1v) is 21.4. The highest BCUT2D eigenvalue weighted by Gasteiger charge is 2.46. The Kier molecular flexibility index (Phi) is 9.98. The van der Waals surface area contributed by atoms with Crippen molar-refractivity contribution in [3.05, 3.63) is 112 Å². The second-order valence-electron chi connectivity index (χ2n) is 17.7. The van der Waals surface area contributed by atoms with Crippen molar-refractivity contribution in [1.29, 1.82) is 0 Å². The molecule has 0 saturated heterocycles. The van der Waals surface area contributed by atoms with Gasteiger partial charge in [-0.1, -0.05) is 13.0 Å². The molecule has 4 unspecified atom stereocenters. The summed E-state index contributed by atoms with van der Waals surface area (Å²) < 4.78 is 41.0. The molecule has 2 aromatic carbocycles. The van der Waals surface area contributed by atoms with Gasteiger partial charge in [0.2, 0.25) is 0 Å². The number of hydrogen-bond donors (Lipinski definition) is 5. The average molecular weight is 819 g/mol. The SMILES string of the molecule is Cc1ncnc2c1ccn2[C@@H]1C[C@H](Oc2ccc(F)c3c2[C@@H](C)NC(Cc2ncnc4c2ccn4[C@@H]2C[C@H](Cc4ccc(F)c5c4[C@H](C)NCC5)[C@@H](C)C2O)C3)C(O)C1O. The van der Waals surface area contributed by atoms with Gasteiger partial charge in [-0.15, -0.1) is 0 Å². The van der Waals surface area contributed by atoms with E-state index in [9.17, 15) is 19.7 Å². The summed E-state index contributed by atoms with van der Waals surface area (Å²) >= 11 is 0. The number of aromatic nitrogens is 6. The smallest absolute Gasteiger partial charge is 0.143 e. The minimum atomic E-state index is -1.16. The van der Waals surface area contributed by atoms with Crippen LogP contribution in [0.4, 0.5) is 8.78 Å². The first kappa shape index (κ1) is 39.3. The summed E-state index contributed by atoms with van der Waals surface area (Å²) in [6.45, 7) is 8.86. The molecule has 4 aliphatic rings. The molecule has 60 heavy (non-hydrogen) atoms. The molecule has 2 aliphatic heterocycles. The van der Waals surface area contributed by atoms with E-state index in [1.165, 1.54) is 12.4 Å². The van der Waals surface area contributed by atoms with Crippen LogP contribution in [0.3, 0.4) is 0 Å². The molecule has 0 radical (unpaired) electrons. The molecule has 14 heteroatoms. The van der Waals surface area contributed by atoms with Crippen LogP contribution in [0.15, 0.2) is 61.4 Å². The molecule has 314 valence electrons. The zero-order valence-electron chi connectivity index (χ0n) is 34.3. The number of nitrogens with one attached hydrogen (secondary N) is 2. The van der Waals surface area contributed by atoms with Crippen LogP contribution in [0.25, 0.3) is 22.1 Å². The van der Waals surface area contributed by atoms with Gasteiger partial charge in [0.1, 0.15) is 59.6 Å². The Labute approximate surface area is 347 Å². The van der Waals surface area contributed by atoms with Crippen molar-refractivity contribution in [2.45, 2.75) is 121 Å². The first-order chi connectivity index (χ1) is 29.0. The third-order valence-electron chi connectivity index (χ3n) is 14.3. The van der Waals surface area contributed by atoms with Gasteiger partial charge < -0.3 is 39.8 Å². The number of aryl methyl sites for hydroxylation is 1. The third kappa shape index (κ3) is 6.49. The van der Waals surface area contributed by atoms with E-state index in [0.29, 0.717) is 48.2 Å². The number of benzene rings is 2. The number of nitrogens with zero attached hydrogens (tertiary/aromatic N) is 6. The maximum Gasteiger partial charge on any atom is 0.143 e. The van der Waals surface area contributed by atoms with Crippen molar-refractivity contribution in [1.82, 2.24) is 39.7 Å². The predicted octanol–water partition coefficient (Wildman–Crippen LogP) is 5.70. The van der Waals surface area contributed by atoms with Crippen molar-refractivity contribution in [2.75, 3.05) is 6.54 Å². The zero-order chi connectivity index (χ0) is 41.6. The highest BCUT2D eigenvalue weighted by Crippen LogP contribution is 2.45. The second-order valence-corrected chi connectivity index (χ2v) is 17.7. The van der Waals surface area contributed by atoms with Crippen molar-refractivity contribution < 1.29 is 28.8 Å². The van der Waals surface area contributed by atoms with Gasteiger partial charge in [-0.25, -0.2) is 28.7 Å². The number of ether oxygens (including phenoxy) is 1. The second kappa shape index (κ2) is 15.2. The van der Waals surface area contributed by atoms with Gasteiger partial charge in [0.15, 0.2) is 0 Å². The number of fused-ring (bicyclic) bond motifs is 4. The van der Waals surface area contributed by atoms with Gasteiger partial charge in [-0.2, -0.15) is 0 Å². The monoisotopic (exact) mass is 818 g/mol. The Morgan fingerprint density at radius 3 is 2.25 bits per heavy atom. The van der Waals surface area contributed by atoms with Gasteiger partial charge in [0, 0.05) is 59.7 Å². The molecule has 6 heterocycles. The Morgan fingerprint density at radius 2 is 1.45 bits per heavy atom. The summed E-state index contributed by atoms with van der Waals surface area (Å²) in [6, 6.07) is 9.50. The van der Waals surface area contributed by atoms with Gasteiger partial charge >= 0.3 is 0 Å². The molecule has 0 bridgehead atoms. The lowest BCUT2D eigenvalue weighted by Gasteiger charge is -2.33. The summed E-state index contributed by atoms with van der Waals surface area (Å²) in [4.78, 5) is 18.1. The fraction of sp³-hybridized carbons (Fsp3) is 0.478. The Morgan fingerprint density at radius 1 is 0.750 bits per heavy atom. The number of rotatable bonds is 8. The summed E-state index contributed by atoms with van der Waals surface area (Å²) in [7, 11) is 0. The van der Waals surface area contributed by atoms with E-state index in [2.05, 4.69) is 39.0 Å². The molecular weight excluding hydrogens is 767 g/mol. The number of hydrogen-bond acceptors (Lipinski definition) is 10. The predicted molar refractivity (Wildman–Crippen MR) is 222 cm³/mol. The van der Waals surface area contributed by atoms with Crippen molar-refractivity contribution >= 4 is 22.1 Å². The van der Waals surface area contributed by atoms with E-state index in [0.717, 1.165) is 63.9 Å². The highest BCUT2D eigenvalue weighted by molar-refractivity contribution is 5.79. The molecule has 2 aliphatic carbocycles. The van der Waals surface area contributed by atoms with Gasteiger partial charge in [0.25, 0.3) is 0 Å². The Hall–Kier alpha value is -4.86. The minimum Gasteiger partial charge on any atom is -0.487 e. The maximum atomic E-state index is 15.7. The van der Waals surface area contributed by atoms with Crippen LogP contribution in [0, 0.1) is 30.4 Å². The normalized spacial score (nSPS) is 30.2. The molecule has 12 nitrogen and oxygen atoms in total. The minimum absolute atomic E-state index is 0.0284. The lowest BCUT2D eigenvalue weighted by Crippen LogP contribution is -2.41. The summed E-state index contributed by atoms with van der Waals surface area (Å²) in [5, 5.41) is 43.0. The molecule has 2 saturated carbocycles. The lowest BCUT2D eigenvalue weighted by atomic mass is 9.83. The topological polar surface area (TPSA) is 155 Å². The van der Waals surface area contributed by atoms with Crippen LogP contribution in [-0.2, 0) is 25.7 Å². The number of aliphatic hydroxyl groups is 3. The fourth-order valence-electron chi connectivity index (χ4n) is 11.1. The fourth-order valence-corrected chi connectivity index (χ4v) is 11.1. The lowest BCUT2D eigenvalue weighted by molar-refractivity contribution is -0.0167. The molecule has 6 aromatic rings. The van der Waals surface area contributed by atoms with E-state index in [1.807, 2.05) is 49.0 Å². The Balaban J connectivity index is 0.857. The molecule has 2 fully saturated rings. The third-order valence-corrected chi connectivity index (χ3v) is 14.3. The van der Waals surface area contributed by atoms with E-state index < -0.39 is 30.5 Å². The standard InChI is InChI=1S/C46H52F2N8O4/c1-22-27(15-26-5-6-33(47)30-9-12-49-24(3)40(26)30)16-36(42(22)57)55-14-11-31-35(51-21-53-46(31)55)18-28-17-32-34(48)7-8-38(41(32)25(4)54-28)60-39-19-37(43(58)44(39)59)56-13-10-29-23(2)50-20-52-45(29)56/h5-8,10-11,13-14,20-22,24-25,27-28,36-37,39,42-44,49,54,57-59H,9,12,15-19H2,1-4H3/t22-,24+,25-,27+,28?,36-,37-,39+,42?,43?,44?/m1/s1. The highest BCUT2D eigenvalue weighted by atomic mass is 19.1. The van der Waals surface area contributed by atoms with Gasteiger partial charge in [-0.05, 0) is 117 Å². The molecule has 5 N–H and O–H groups in total. The van der Waals surface area contributed by atoms with Crippen molar-refractivity contribution in [3.8, 4) is 5.75 Å². The van der Waals surface area contributed by atoms with Crippen LogP contribution < -0.4 is 15.4 Å². The van der Waals surface area contributed by atoms with E-state index in [-0.39, 0.29) is 47.6 Å². The van der Waals surface area contributed by atoms with Crippen molar-refractivity contribution in [2.24, 2.45) is 11.8 Å². The van der Waals surface area contributed by atoms with Crippen LogP contribution in [0.1, 0.15) is 97.0 Å². The van der Waals surface area contributed by atoms with Crippen LogP contribution >= 0.6 is 0 Å². The molecule has 4 aromatic heterocycles. The van der Waals surface area contributed by atoms with Gasteiger partial charge in [-0.3, -0.25) is 0 Å². The van der Waals surface area contributed by atoms with Gasteiger partial charge in [0.05, 0.1) is 29.6 Å². The molecule has 0 spiro atoms. The van der Waals surface area contributed by atoms with Crippen LogP contribution in [-0.4, -0.2) is 81.4 Å². The van der Waals surface area contributed by atoms with Crippen LogP contribution in [0.5, 0.6) is 5.75 Å².